The van der Waals surface area contributed by atoms with Gasteiger partial charge in [-0.1, -0.05) is 6.92 Å². The molecule has 1 aromatic rings. The molecule has 1 N–H and O–H groups in total. The summed E-state index contributed by atoms with van der Waals surface area (Å²) in [7, 11) is 0. The van der Waals surface area contributed by atoms with Gasteiger partial charge in [0.2, 0.25) is 0 Å². The van der Waals surface area contributed by atoms with Gasteiger partial charge >= 0.3 is 0 Å². The van der Waals surface area contributed by atoms with Gasteiger partial charge < -0.3 is 10.2 Å². The predicted octanol–water partition coefficient (Wildman–Crippen LogP) is 1.44. The maximum atomic E-state index is 4.14. The third-order valence-electron chi connectivity index (χ3n) is 3.99. The molecule has 1 saturated carbocycles. The van der Waals surface area contributed by atoms with E-state index >= 15 is 0 Å². The van der Waals surface area contributed by atoms with Gasteiger partial charge in [0.15, 0.2) is 0 Å². The molecule has 2 fully saturated rings. The van der Waals surface area contributed by atoms with Crippen LogP contribution in [0.25, 0.3) is 0 Å². The molecule has 4 heteroatoms. The van der Waals surface area contributed by atoms with Crippen molar-refractivity contribution in [2.45, 2.75) is 38.3 Å². The van der Waals surface area contributed by atoms with Crippen LogP contribution in [0.4, 0.5) is 5.69 Å². The van der Waals surface area contributed by atoms with Crippen molar-refractivity contribution < 1.29 is 0 Å². The van der Waals surface area contributed by atoms with Crippen molar-refractivity contribution in [1.82, 2.24) is 15.3 Å². The molecule has 0 radical (unpaired) electrons. The second-order valence-electron chi connectivity index (χ2n) is 5.16. The summed E-state index contributed by atoms with van der Waals surface area (Å²) in [5, 5.41) is 3.70. The topological polar surface area (TPSA) is 41.0 Å². The number of anilines is 1. The average molecular weight is 232 g/mol. The number of piperazine rings is 1. The molecule has 2 aliphatic rings. The number of nitrogens with zero attached hydrogens (tertiary/aromatic N) is 3. The fraction of sp³-hybridized carbons (Fsp3) is 0.692. The zero-order chi connectivity index (χ0) is 11.7. The Hall–Kier alpha value is -1.16. The van der Waals surface area contributed by atoms with Crippen LogP contribution in [-0.2, 0) is 0 Å². The summed E-state index contributed by atoms with van der Waals surface area (Å²) in [5.74, 6) is 0.903. The van der Waals surface area contributed by atoms with E-state index in [1.54, 1.807) is 6.33 Å². The van der Waals surface area contributed by atoms with Crippen LogP contribution < -0.4 is 10.2 Å². The highest BCUT2D eigenvalue weighted by molar-refractivity contribution is 5.44. The van der Waals surface area contributed by atoms with E-state index in [2.05, 4.69) is 27.1 Å². The molecule has 1 aliphatic carbocycles. The highest BCUT2D eigenvalue weighted by atomic mass is 15.2. The maximum absolute atomic E-state index is 4.14. The number of hydrogen-bond acceptors (Lipinski definition) is 4. The minimum absolute atomic E-state index is 0.580. The summed E-state index contributed by atoms with van der Waals surface area (Å²) in [6, 6.07) is 1.24. The van der Waals surface area contributed by atoms with Crippen molar-refractivity contribution in [3.63, 3.8) is 0 Å². The Morgan fingerprint density at radius 2 is 2.12 bits per heavy atom. The summed E-state index contributed by atoms with van der Waals surface area (Å²) in [5.41, 5.74) is 1.17. The molecule has 0 amide bonds. The Labute approximate surface area is 102 Å². The molecule has 0 spiro atoms. The summed E-state index contributed by atoms with van der Waals surface area (Å²) in [6.45, 7) is 4.45. The minimum atomic E-state index is 0.580. The molecule has 92 valence electrons. The lowest BCUT2D eigenvalue weighted by Crippen LogP contribution is -2.57. The minimum Gasteiger partial charge on any atom is -0.363 e. The first kappa shape index (κ1) is 11.0. The zero-order valence-electron chi connectivity index (χ0n) is 10.3. The van der Waals surface area contributed by atoms with E-state index < -0.39 is 0 Å². The van der Waals surface area contributed by atoms with Gasteiger partial charge in [-0.15, -0.1) is 0 Å². The second-order valence-corrected chi connectivity index (χ2v) is 5.16. The first-order valence-electron chi connectivity index (χ1n) is 6.63. The largest absolute Gasteiger partial charge is 0.363 e. The molecular formula is C13H20N4. The van der Waals surface area contributed by atoms with Crippen LogP contribution in [0, 0.1) is 5.92 Å². The third kappa shape index (κ3) is 2.27. The Morgan fingerprint density at radius 3 is 2.76 bits per heavy atom. The quantitative estimate of drug-likeness (QED) is 0.856. The fourth-order valence-electron chi connectivity index (χ4n) is 2.76. The molecule has 1 saturated heterocycles. The standard InChI is InChI=1S/C13H20N4/c1-2-11-7-16-13(10-3-4-10)8-17(11)12-5-14-9-15-6-12/h5-6,9-11,13,16H,2-4,7-8H2,1H3. The van der Waals surface area contributed by atoms with E-state index in [4.69, 9.17) is 0 Å². The third-order valence-corrected chi connectivity index (χ3v) is 3.99. The van der Waals surface area contributed by atoms with Gasteiger partial charge in [0.1, 0.15) is 6.33 Å². The lowest BCUT2D eigenvalue weighted by atomic mass is 10.0. The summed E-state index contributed by atoms with van der Waals surface area (Å²) >= 11 is 0. The molecule has 1 aromatic heterocycles. The monoisotopic (exact) mass is 232 g/mol. The van der Waals surface area contributed by atoms with Gasteiger partial charge in [0.05, 0.1) is 18.1 Å². The maximum Gasteiger partial charge on any atom is 0.115 e. The Kier molecular flexibility index (Phi) is 2.97. The molecule has 2 unspecified atom stereocenters. The lowest BCUT2D eigenvalue weighted by Gasteiger charge is -2.41. The molecule has 3 rings (SSSR count). The van der Waals surface area contributed by atoms with E-state index in [9.17, 15) is 0 Å². The molecule has 0 aromatic carbocycles. The molecule has 17 heavy (non-hydrogen) atoms. The summed E-state index contributed by atoms with van der Waals surface area (Å²) in [4.78, 5) is 10.8. The highest BCUT2D eigenvalue weighted by Crippen LogP contribution is 2.35. The number of rotatable bonds is 3. The zero-order valence-corrected chi connectivity index (χ0v) is 10.3. The second kappa shape index (κ2) is 4.61. The van der Waals surface area contributed by atoms with E-state index in [1.807, 2.05) is 12.4 Å². The Morgan fingerprint density at radius 1 is 1.35 bits per heavy atom. The molecular weight excluding hydrogens is 212 g/mol. The van der Waals surface area contributed by atoms with Crippen molar-refractivity contribution in [3.8, 4) is 0 Å². The van der Waals surface area contributed by atoms with E-state index in [1.165, 1.54) is 24.9 Å². The van der Waals surface area contributed by atoms with E-state index in [-0.39, 0.29) is 0 Å². The summed E-state index contributed by atoms with van der Waals surface area (Å²) in [6.07, 6.45) is 9.43. The number of nitrogens with one attached hydrogen (secondary N) is 1. The first-order valence-corrected chi connectivity index (χ1v) is 6.63. The van der Waals surface area contributed by atoms with Crippen LogP contribution in [0.1, 0.15) is 26.2 Å². The van der Waals surface area contributed by atoms with Gasteiger partial charge in [0, 0.05) is 25.2 Å². The van der Waals surface area contributed by atoms with Gasteiger partial charge in [-0.05, 0) is 25.2 Å². The summed E-state index contributed by atoms with van der Waals surface area (Å²) < 4.78 is 0. The SMILES string of the molecule is CCC1CNC(C2CC2)CN1c1cncnc1. The molecule has 1 aliphatic heterocycles. The van der Waals surface area contributed by atoms with Crippen molar-refractivity contribution in [2.24, 2.45) is 5.92 Å². The van der Waals surface area contributed by atoms with Crippen LogP contribution >= 0.6 is 0 Å². The van der Waals surface area contributed by atoms with Crippen molar-refractivity contribution in [1.29, 1.82) is 0 Å². The van der Waals surface area contributed by atoms with Gasteiger partial charge in [-0.2, -0.15) is 0 Å². The lowest BCUT2D eigenvalue weighted by molar-refractivity contribution is 0.359. The molecule has 2 heterocycles. The Balaban J connectivity index is 1.77. The van der Waals surface area contributed by atoms with Crippen LogP contribution in [0.2, 0.25) is 0 Å². The predicted molar refractivity (Wildman–Crippen MR) is 68.0 cm³/mol. The van der Waals surface area contributed by atoms with Crippen molar-refractivity contribution in [2.75, 3.05) is 18.0 Å². The normalized spacial score (nSPS) is 29.4. The van der Waals surface area contributed by atoms with Gasteiger partial charge in [0.25, 0.3) is 0 Å². The smallest absolute Gasteiger partial charge is 0.115 e. The van der Waals surface area contributed by atoms with Crippen LogP contribution in [-0.4, -0.2) is 35.1 Å². The average Bonchev–Trinajstić information content (AvgIpc) is 3.23. The van der Waals surface area contributed by atoms with Crippen LogP contribution in [0.5, 0.6) is 0 Å². The first-order chi connectivity index (χ1) is 8.38. The van der Waals surface area contributed by atoms with Crippen LogP contribution in [0.3, 0.4) is 0 Å². The number of aromatic nitrogens is 2. The molecule has 0 bridgehead atoms. The molecule has 4 nitrogen and oxygen atoms in total. The fourth-order valence-corrected chi connectivity index (χ4v) is 2.76. The van der Waals surface area contributed by atoms with Gasteiger partial charge in [-0.25, -0.2) is 9.97 Å². The Bertz CT molecular complexity index is 363. The van der Waals surface area contributed by atoms with Crippen LogP contribution in [0.15, 0.2) is 18.7 Å². The van der Waals surface area contributed by atoms with Crippen molar-refractivity contribution >= 4 is 5.69 Å². The number of hydrogen-bond donors (Lipinski definition) is 1. The van der Waals surface area contributed by atoms with Crippen molar-refractivity contribution in [3.05, 3.63) is 18.7 Å². The molecule has 2 atom stereocenters. The van der Waals surface area contributed by atoms with E-state index in [0.29, 0.717) is 12.1 Å². The highest BCUT2D eigenvalue weighted by Gasteiger charge is 2.36. The van der Waals surface area contributed by atoms with E-state index in [0.717, 1.165) is 19.0 Å². The van der Waals surface area contributed by atoms with Gasteiger partial charge in [-0.3, -0.25) is 0 Å².